The number of carbonyl (C=O) groups excluding carboxylic acids is 1. The van der Waals surface area contributed by atoms with E-state index >= 15 is 0 Å². The van der Waals surface area contributed by atoms with E-state index < -0.39 is 0 Å². The highest BCUT2D eigenvalue weighted by molar-refractivity contribution is 5.79. The van der Waals surface area contributed by atoms with Crippen LogP contribution in [-0.4, -0.2) is 23.9 Å². The van der Waals surface area contributed by atoms with Crippen molar-refractivity contribution in [1.82, 2.24) is 4.90 Å². The van der Waals surface area contributed by atoms with E-state index in [-0.39, 0.29) is 17.8 Å². The summed E-state index contributed by atoms with van der Waals surface area (Å²) in [6.45, 7) is 3.97. The molecule has 2 aromatic carbocycles. The third-order valence-corrected chi connectivity index (χ3v) is 3.66. The molecule has 2 aromatic rings. The lowest BCUT2D eigenvalue weighted by atomic mass is 10.0. The number of halogens is 1. The van der Waals surface area contributed by atoms with Gasteiger partial charge in [-0.3, -0.25) is 4.79 Å². The van der Waals surface area contributed by atoms with Gasteiger partial charge in [-0.05, 0) is 31.0 Å². The van der Waals surface area contributed by atoms with E-state index in [9.17, 15) is 9.18 Å². The summed E-state index contributed by atoms with van der Waals surface area (Å²) < 4.78 is 13.7. The molecule has 110 valence electrons. The van der Waals surface area contributed by atoms with Crippen molar-refractivity contribution >= 4 is 5.91 Å². The molecule has 0 saturated heterocycles. The Bertz CT molecular complexity index is 619. The Kier molecular flexibility index (Phi) is 4.73. The predicted molar refractivity (Wildman–Crippen MR) is 83.4 cm³/mol. The maximum Gasteiger partial charge on any atom is 0.226 e. The lowest BCUT2D eigenvalue weighted by molar-refractivity contribution is -0.130. The van der Waals surface area contributed by atoms with Crippen LogP contribution < -0.4 is 0 Å². The fourth-order valence-electron chi connectivity index (χ4n) is 2.08. The highest BCUT2D eigenvalue weighted by Gasteiger charge is 2.12. The first-order chi connectivity index (χ1) is 9.99. The van der Waals surface area contributed by atoms with E-state index in [0.29, 0.717) is 12.0 Å². The minimum atomic E-state index is -0.235. The molecule has 0 aliphatic heterocycles. The first-order valence-corrected chi connectivity index (χ1v) is 7.08. The molecule has 21 heavy (non-hydrogen) atoms. The van der Waals surface area contributed by atoms with Gasteiger partial charge in [0.05, 0.1) is 6.42 Å². The third kappa shape index (κ3) is 3.69. The molecular weight excluding hydrogens is 265 g/mol. The first kappa shape index (κ1) is 15.2. The normalized spacial score (nSPS) is 10.7. The highest BCUT2D eigenvalue weighted by Crippen LogP contribution is 2.23. The molecule has 0 atom stereocenters. The largest absolute Gasteiger partial charge is 0.343 e. The summed E-state index contributed by atoms with van der Waals surface area (Å²) in [5.41, 5.74) is 2.34. The van der Waals surface area contributed by atoms with E-state index in [1.54, 1.807) is 24.1 Å². The molecule has 0 aromatic heterocycles. The Hall–Kier alpha value is -2.16. The van der Waals surface area contributed by atoms with Crippen LogP contribution in [0.3, 0.4) is 0 Å². The fourth-order valence-corrected chi connectivity index (χ4v) is 2.08. The van der Waals surface area contributed by atoms with Crippen LogP contribution in [0.15, 0.2) is 48.5 Å². The van der Waals surface area contributed by atoms with Crippen molar-refractivity contribution in [2.75, 3.05) is 7.05 Å². The van der Waals surface area contributed by atoms with Crippen LogP contribution >= 0.6 is 0 Å². The van der Waals surface area contributed by atoms with Crippen molar-refractivity contribution in [3.63, 3.8) is 0 Å². The van der Waals surface area contributed by atoms with E-state index in [2.05, 4.69) is 0 Å². The Morgan fingerprint density at radius 3 is 2.29 bits per heavy atom. The second-order valence-electron chi connectivity index (χ2n) is 5.45. The van der Waals surface area contributed by atoms with Gasteiger partial charge in [0, 0.05) is 18.7 Å². The molecule has 1 amide bonds. The van der Waals surface area contributed by atoms with Crippen molar-refractivity contribution in [2.45, 2.75) is 26.3 Å². The Morgan fingerprint density at radius 2 is 1.71 bits per heavy atom. The maximum atomic E-state index is 13.7. The van der Waals surface area contributed by atoms with Crippen molar-refractivity contribution in [3.05, 3.63) is 59.9 Å². The van der Waals surface area contributed by atoms with Crippen LogP contribution in [0, 0.1) is 5.82 Å². The molecule has 0 aliphatic carbocycles. The number of amides is 1. The van der Waals surface area contributed by atoms with Gasteiger partial charge in [-0.2, -0.15) is 0 Å². The van der Waals surface area contributed by atoms with Gasteiger partial charge in [-0.1, -0.05) is 42.5 Å². The van der Waals surface area contributed by atoms with Crippen LogP contribution in [0.25, 0.3) is 11.1 Å². The number of rotatable bonds is 4. The van der Waals surface area contributed by atoms with Gasteiger partial charge in [0.2, 0.25) is 5.91 Å². The summed E-state index contributed by atoms with van der Waals surface area (Å²) in [7, 11) is 1.81. The average molecular weight is 285 g/mol. The van der Waals surface area contributed by atoms with Crippen LogP contribution in [0.2, 0.25) is 0 Å². The van der Waals surface area contributed by atoms with Crippen molar-refractivity contribution < 1.29 is 9.18 Å². The zero-order chi connectivity index (χ0) is 15.4. The second kappa shape index (κ2) is 6.53. The summed E-state index contributed by atoms with van der Waals surface area (Å²) in [5, 5.41) is 0. The number of nitrogens with zero attached hydrogens (tertiary/aromatic N) is 1. The third-order valence-electron chi connectivity index (χ3n) is 3.66. The Labute approximate surface area is 125 Å². The number of likely N-dealkylation sites (N-methyl/N-ethyl adjacent to an activating group) is 1. The lowest BCUT2D eigenvalue weighted by Crippen LogP contribution is -2.34. The maximum absolute atomic E-state index is 13.7. The minimum Gasteiger partial charge on any atom is -0.343 e. The molecule has 0 heterocycles. The van der Waals surface area contributed by atoms with Gasteiger partial charge in [0.15, 0.2) is 0 Å². The van der Waals surface area contributed by atoms with E-state index in [0.717, 1.165) is 11.1 Å². The van der Waals surface area contributed by atoms with Crippen LogP contribution in [-0.2, 0) is 11.2 Å². The van der Waals surface area contributed by atoms with Crippen LogP contribution in [0.5, 0.6) is 0 Å². The summed E-state index contributed by atoms with van der Waals surface area (Å²) >= 11 is 0. The Morgan fingerprint density at radius 1 is 1.10 bits per heavy atom. The van der Waals surface area contributed by atoms with Gasteiger partial charge in [0.25, 0.3) is 0 Å². The molecule has 0 spiro atoms. The quantitative estimate of drug-likeness (QED) is 0.834. The monoisotopic (exact) mass is 285 g/mol. The number of carbonyl (C=O) groups is 1. The zero-order valence-electron chi connectivity index (χ0n) is 12.6. The standard InChI is InChI=1S/C18H20FNO/c1-13(2)20(3)18(21)12-14-8-10-15(11-9-14)16-6-4-5-7-17(16)19/h4-11,13H,12H2,1-3H3. The second-order valence-corrected chi connectivity index (χ2v) is 5.45. The summed E-state index contributed by atoms with van der Waals surface area (Å²) in [6, 6.07) is 14.4. The molecule has 0 aliphatic rings. The summed E-state index contributed by atoms with van der Waals surface area (Å²) in [4.78, 5) is 13.8. The zero-order valence-corrected chi connectivity index (χ0v) is 12.6. The average Bonchev–Trinajstić information content (AvgIpc) is 2.47. The van der Waals surface area contributed by atoms with Gasteiger partial charge >= 0.3 is 0 Å². The summed E-state index contributed by atoms with van der Waals surface area (Å²) in [6.07, 6.45) is 0.367. The molecular formula is C18H20FNO. The molecule has 3 heteroatoms. The minimum absolute atomic E-state index is 0.0867. The SMILES string of the molecule is CC(C)N(C)C(=O)Cc1ccc(-c2ccccc2F)cc1. The first-order valence-electron chi connectivity index (χ1n) is 7.08. The molecule has 2 rings (SSSR count). The predicted octanol–water partition coefficient (Wildman–Crippen LogP) is 3.90. The Balaban J connectivity index is 2.13. The highest BCUT2D eigenvalue weighted by atomic mass is 19.1. The smallest absolute Gasteiger partial charge is 0.226 e. The lowest BCUT2D eigenvalue weighted by Gasteiger charge is -2.21. The van der Waals surface area contributed by atoms with Gasteiger partial charge in [-0.15, -0.1) is 0 Å². The van der Waals surface area contributed by atoms with E-state index in [4.69, 9.17) is 0 Å². The van der Waals surface area contributed by atoms with Gasteiger partial charge < -0.3 is 4.90 Å². The number of benzene rings is 2. The number of hydrogen-bond acceptors (Lipinski definition) is 1. The van der Waals surface area contributed by atoms with Crippen molar-refractivity contribution in [1.29, 1.82) is 0 Å². The van der Waals surface area contributed by atoms with Gasteiger partial charge in [0.1, 0.15) is 5.82 Å². The topological polar surface area (TPSA) is 20.3 Å². The molecule has 0 bridgehead atoms. The summed E-state index contributed by atoms with van der Waals surface area (Å²) in [5.74, 6) is -0.149. The molecule has 0 radical (unpaired) electrons. The van der Waals surface area contributed by atoms with Gasteiger partial charge in [-0.25, -0.2) is 4.39 Å². The van der Waals surface area contributed by atoms with Crippen LogP contribution in [0.1, 0.15) is 19.4 Å². The molecule has 0 saturated carbocycles. The molecule has 2 nitrogen and oxygen atoms in total. The van der Waals surface area contributed by atoms with Crippen molar-refractivity contribution in [2.24, 2.45) is 0 Å². The molecule has 0 fully saturated rings. The molecule has 0 unspecified atom stereocenters. The van der Waals surface area contributed by atoms with E-state index in [1.165, 1.54) is 6.07 Å². The fraction of sp³-hybridized carbons (Fsp3) is 0.278. The molecule has 0 N–H and O–H groups in total. The number of hydrogen-bond donors (Lipinski definition) is 0. The van der Waals surface area contributed by atoms with Crippen LogP contribution in [0.4, 0.5) is 4.39 Å². The van der Waals surface area contributed by atoms with Crippen molar-refractivity contribution in [3.8, 4) is 11.1 Å². The van der Waals surface area contributed by atoms with E-state index in [1.807, 2.05) is 44.2 Å².